The first-order chi connectivity index (χ1) is 9.04. The van der Waals surface area contributed by atoms with Crippen molar-refractivity contribution in [2.45, 2.75) is 6.42 Å². The second kappa shape index (κ2) is 6.08. The Bertz CT molecular complexity index is 459. The number of halogens is 2. The van der Waals surface area contributed by atoms with Gasteiger partial charge in [-0.3, -0.25) is 10.2 Å². The highest BCUT2D eigenvalue weighted by Gasteiger charge is 2.16. The van der Waals surface area contributed by atoms with Gasteiger partial charge in [0.05, 0.1) is 6.42 Å². The predicted octanol–water partition coefficient (Wildman–Crippen LogP) is 0.786. The van der Waals surface area contributed by atoms with Crippen molar-refractivity contribution in [3.05, 3.63) is 35.4 Å². The topological polar surface area (TPSA) is 35.6 Å². The van der Waals surface area contributed by atoms with E-state index in [0.29, 0.717) is 0 Å². The molecule has 1 N–H and O–H groups in total. The van der Waals surface area contributed by atoms with Gasteiger partial charge < -0.3 is 4.90 Å². The van der Waals surface area contributed by atoms with Gasteiger partial charge in [0.15, 0.2) is 0 Å². The van der Waals surface area contributed by atoms with E-state index in [-0.39, 0.29) is 17.9 Å². The molecule has 1 saturated heterocycles. The van der Waals surface area contributed by atoms with Crippen LogP contribution in [0.3, 0.4) is 0 Å². The molecule has 0 unspecified atom stereocenters. The average Bonchev–Trinajstić information content (AvgIpc) is 2.36. The van der Waals surface area contributed by atoms with E-state index in [1.165, 1.54) is 6.07 Å². The van der Waals surface area contributed by atoms with Gasteiger partial charge in [0.1, 0.15) is 11.6 Å². The van der Waals surface area contributed by atoms with Crippen LogP contribution < -0.4 is 5.43 Å². The summed E-state index contributed by atoms with van der Waals surface area (Å²) < 4.78 is 26.1. The van der Waals surface area contributed by atoms with E-state index in [0.717, 1.165) is 38.3 Å². The van der Waals surface area contributed by atoms with Crippen molar-refractivity contribution < 1.29 is 13.6 Å². The van der Waals surface area contributed by atoms with Crippen LogP contribution in [0, 0.1) is 11.6 Å². The zero-order valence-corrected chi connectivity index (χ0v) is 10.8. The molecule has 4 nitrogen and oxygen atoms in total. The van der Waals surface area contributed by atoms with E-state index in [4.69, 9.17) is 0 Å². The largest absolute Gasteiger partial charge is 0.304 e. The molecule has 1 aromatic carbocycles. The number of hydrogen-bond donors (Lipinski definition) is 1. The first kappa shape index (κ1) is 13.9. The van der Waals surface area contributed by atoms with Crippen molar-refractivity contribution in [2.24, 2.45) is 0 Å². The van der Waals surface area contributed by atoms with Crippen molar-refractivity contribution in [3.63, 3.8) is 0 Å². The maximum absolute atomic E-state index is 13.4. The Balaban J connectivity index is 1.87. The molecular weight excluding hydrogens is 252 g/mol. The molecule has 0 spiro atoms. The van der Waals surface area contributed by atoms with Crippen LogP contribution in [0.5, 0.6) is 0 Å². The molecule has 2 rings (SSSR count). The monoisotopic (exact) mass is 269 g/mol. The molecule has 1 aromatic rings. The Hall–Kier alpha value is -1.53. The molecule has 0 aliphatic carbocycles. The highest BCUT2D eigenvalue weighted by atomic mass is 19.1. The van der Waals surface area contributed by atoms with E-state index in [9.17, 15) is 13.6 Å². The molecule has 0 atom stereocenters. The van der Waals surface area contributed by atoms with Gasteiger partial charge in [-0.25, -0.2) is 13.8 Å². The molecule has 0 aromatic heterocycles. The van der Waals surface area contributed by atoms with Crippen molar-refractivity contribution in [1.82, 2.24) is 15.3 Å². The van der Waals surface area contributed by atoms with Crippen LogP contribution in [0.25, 0.3) is 0 Å². The standard InChI is InChI=1S/C13H17F2N3O/c1-17-4-6-18(7-5-17)16-13(19)8-10-2-3-11(14)9-12(10)15/h2-3,9H,4-8H2,1H3,(H,16,19). The molecule has 1 heterocycles. The van der Waals surface area contributed by atoms with E-state index in [1.807, 2.05) is 12.1 Å². The van der Waals surface area contributed by atoms with Gasteiger partial charge in [-0.2, -0.15) is 0 Å². The lowest BCUT2D eigenvalue weighted by Crippen LogP contribution is -2.52. The first-order valence-corrected chi connectivity index (χ1v) is 6.21. The SMILES string of the molecule is CN1CCN(NC(=O)Cc2ccc(F)cc2F)CC1. The third-order valence-corrected chi connectivity index (χ3v) is 3.15. The normalized spacial score (nSPS) is 17.4. The summed E-state index contributed by atoms with van der Waals surface area (Å²) in [7, 11) is 2.02. The van der Waals surface area contributed by atoms with Crippen LogP contribution in [0.15, 0.2) is 18.2 Å². The molecule has 1 aliphatic heterocycles. The fourth-order valence-corrected chi connectivity index (χ4v) is 1.97. The maximum Gasteiger partial charge on any atom is 0.238 e. The minimum Gasteiger partial charge on any atom is -0.304 e. The zero-order valence-electron chi connectivity index (χ0n) is 10.8. The zero-order chi connectivity index (χ0) is 13.8. The number of piperazine rings is 1. The number of nitrogens with zero attached hydrogens (tertiary/aromatic N) is 2. The number of carbonyl (C=O) groups excluding carboxylic acids is 1. The molecule has 6 heteroatoms. The molecule has 0 saturated carbocycles. The summed E-state index contributed by atoms with van der Waals surface area (Å²) >= 11 is 0. The van der Waals surface area contributed by atoms with E-state index >= 15 is 0 Å². The van der Waals surface area contributed by atoms with Gasteiger partial charge in [0, 0.05) is 32.2 Å². The molecule has 0 bridgehead atoms. The van der Waals surface area contributed by atoms with Crippen molar-refractivity contribution in [2.75, 3.05) is 33.2 Å². The lowest BCUT2D eigenvalue weighted by molar-refractivity contribution is -0.126. The Morgan fingerprint density at radius 2 is 1.95 bits per heavy atom. The molecule has 1 fully saturated rings. The van der Waals surface area contributed by atoms with Crippen molar-refractivity contribution in [1.29, 1.82) is 0 Å². The second-order valence-electron chi connectivity index (χ2n) is 4.74. The summed E-state index contributed by atoms with van der Waals surface area (Å²) in [5.41, 5.74) is 2.94. The average molecular weight is 269 g/mol. The number of benzene rings is 1. The maximum atomic E-state index is 13.4. The Morgan fingerprint density at radius 3 is 2.58 bits per heavy atom. The fraction of sp³-hybridized carbons (Fsp3) is 0.462. The fourth-order valence-electron chi connectivity index (χ4n) is 1.97. The molecule has 0 radical (unpaired) electrons. The molecular formula is C13H17F2N3O. The van der Waals surface area contributed by atoms with Crippen LogP contribution >= 0.6 is 0 Å². The van der Waals surface area contributed by atoms with E-state index < -0.39 is 11.6 Å². The quantitative estimate of drug-likeness (QED) is 0.881. The molecule has 1 amide bonds. The van der Waals surface area contributed by atoms with E-state index in [1.54, 1.807) is 0 Å². The van der Waals surface area contributed by atoms with Crippen molar-refractivity contribution >= 4 is 5.91 Å². The number of hydrogen-bond acceptors (Lipinski definition) is 3. The Labute approximate surface area is 111 Å². The minimum absolute atomic E-state index is 0.0849. The molecule has 1 aliphatic rings. The summed E-state index contributed by atoms with van der Waals surface area (Å²) in [6.07, 6.45) is -0.0849. The number of carbonyl (C=O) groups is 1. The lowest BCUT2D eigenvalue weighted by atomic mass is 10.1. The summed E-state index contributed by atoms with van der Waals surface area (Å²) in [4.78, 5) is 13.9. The predicted molar refractivity (Wildman–Crippen MR) is 67.3 cm³/mol. The van der Waals surface area contributed by atoms with Crippen LogP contribution in [-0.4, -0.2) is 49.0 Å². The third kappa shape index (κ3) is 3.97. The number of hydrazine groups is 1. The number of amides is 1. The van der Waals surface area contributed by atoms with Gasteiger partial charge >= 0.3 is 0 Å². The highest BCUT2D eigenvalue weighted by Crippen LogP contribution is 2.10. The Kier molecular flexibility index (Phi) is 4.44. The summed E-state index contributed by atoms with van der Waals surface area (Å²) in [5, 5.41) is 1.82. The van der Waals surface area contributed by atoms with E-state index in [2.05, 4.69) is 10.3 Å². The minimum atomic E-state index is -0.687. The number of nitrogens with one attached hydrogen (secondary N) is 1. The molecule has 19 heavy (non-hydrogen) atoms. The smallest absolute Gasteiger partial charge is 0.238 e. The first-order valence-electron chi connectivity index (χ1n) is 6.21. The second-order valence-corrected chi connectivity index (χ2v) is 4.74. The van der Waals surface area contributed by atoms with Gasteiger partial charge in [0.25, 0.3) is 0 Å². The van der Waals surface area contributed by atoms with Crippen LogP contribution in [0.1, 0.15) is 5.56 Å². The Morgan fingerprint density at radius 1 is 1.26 bits per heavy atom. The summed E-state index contributed by atoms with van der Waals surface area (Å²) in [5.74, 6) is -1.61. The van der Waals surface area contributed by atoms with Crippen LogP contribution in [0.4, 0.5) is 8.78 Å². The third-order valence-electron chi connectivity index (χ3n) is 3.15. The number of likely N-dealkylation sites (N-methyl/N-ethyl adjacent to an activating group) is 1. The van der Waals surface area contributed by atoms with Crippen LogP contribution in [-0.2, 0) is 11.2 Å². The highest BCUT2D eigenvalue weighted by molar-refractivity contribution is 5.78. The van der Waals surface area contributed by atoms with Gasteiger partial charge in [-0.1, -0.05) is 6.07 Å². The van der Waals surface area contributed by atoms with Crippen LogP contribution in [0.2, 0.25) is 0 Å². The van der Waals surface area contributed by atoms with Crippen molar-refractivity contribution in [3.8, 4) is 0 Å². The molecule has 104 valence electrons. The summed E-state index contributed by atoms with van der Waals surface area (Å²) in [6.45, 7) is 3.25. The van der Waals surface area contributed by atoms with Gasteiger partial charge in [-0.05, 0) is 18.7 Å². The number of rotatable bonds is 3. The van der Waals surface area contributed by atoms with Gasteiger partial charge in [0.2, 0.25) is 5.91 Å². The van der Waals surface area contributed by atoms with Gasteiger partial charge in [-0.15, -0.1) is 0 Å². The summed E-state index contributed by atoms with van der Waals surface area (Å²) in [6, 6.07) is 3.24. The lowest BCUT2D eigenvalue weighted by Gasteiger charge is -2.32.